The maximum atomic E-state index is 2.44. The van der Waals surface area contributed by atoms with Crippen LogP contribution in [-0.2, 0) is 0 Å². The zero-order valence-corrected chi connectivity index (χ0v) is 19.5. The Hall–Kier alpha value is -3.12. The molecule has 0 N–H and O–H groups in total. The number of hydrogen-bond acceptors (Lipinski definition) is 0. The van der Waals surface area contributed by atoms with Crippen LogP contribution in [0.5, 0.6) is 0 Å². The molecule has 0 amide bonds. The van der Waals surface area contributed by atoms with Crippen molar-refractivity contribution in [3.63, 3.8) is 0 Å². The van der Waals surface area contributed by atoms with Crippen molar-refractivity contribution in [2.45, 2.75) is 39.5 Å². The highest BCUT2D eigenvalue weighted by atomic mass is 14.3. The van der Waals surface area contributed by atoms with Crippen LogP contribution in [0.1, 0.15) is 61.8 Å². The summed E-state index contributed by atoms with van der Waals surface area (Å²) in [6, 6.07) is 31.6. The van der Waals surface area contributed by atoms with Crippen molar-refractivity contribution < 1.29 is 0 Å². The van der Waals surface area contributed by atoms with E-state index in [9.17, 15) is 0 Å². The summed E-state index contributed by atoms with van der Waals surface area (Å²) in [7, 11) is 0. The number of allylic oxidation sites excluding steroid dienone is 1. The lowest BCUT2D eigenvalue weighted by Gasteiger charge is -2.28. The van der Waals surface area contributed by atoms with E-state index < -0.39 is 0 Å². The predicted octanol–water partition coefficient (Wildman–Crippen LogP) is 9.06. The third-order valence-electron chi connectivity index (χ3n) is 7.40. The molecule has 0 saturated heterocycles. The average Bonchev–Trinajstić information content (AvgIpc) is 2.95. The zero-order chi connectivity index (χ0) is 22.2. The molecule has 0 fully saturated rings. The third kappa shape index (κ3) is 3.58. The van der Waals surface area contributed by atoms with Crippen molar-refractivity contribution in [3.05, 3.63) is 113 Å². The topological polar surface area (TPSA) is 0 Å². The van der Waals surface area contributed by atoms with Gasteiger partial charge in [0.2, 0.25) is 0 Å². The van der Waals surface area contributed by atoms with Crippen molar-refractivity contribution in [1.82, 2.24) is 0 Å². The molecule has 4 aromatic rings. The van der Waals surface area contributed by atoms with Gasteiger partial charge in [0.25, 0.3) is 0 Å². The number of fused-ring (bicyclic) bond motifs is 3. The quantitative estimate of drug-likeness (QED) is 0.312. The molecule has 0 saturated carbocycles. The molecule has 0 heteroatoms. The molecule has 0 spiro atoms. The van der Waals surface area contributed by atoms with Gasteiger partial charge >= 0.3 is 0 Å². The smallest absolute Gasteiger partial charge is 0.0127 e. The van der Waals surface area contributed by atoms with Gasteiger partial charge in [-0.2, -0.15) is 0 Å². The Morgan fingerprint density at radius 3 is 2.38 bits per heavy atom. The van der Waals surface area contributed by atoms with Crippen molar-refractivity contribution in [3.8, 4) is 11.1 Å². The minimum atomic E-state index is 0.366. The summed E-state index contributed by atoms with van der Waals surface area (Å²) in [4.78, 5) is 0. The van der Waals surface area contributed by atoms with Gasteiger partial charge in [-0.05, 0) is 61.9 Å². The van der Waals surface area contributed by atoms with Crippen LogP contribution < -0.4 is 0 Å². The molecular formula is C32H32. The molecule has 0 heterocycles. The fourth-order valence-electron chi connectivity index (χ4n) is 5.43. The maximum absolute atomic E-state index is 2.44. The molecule has 32 heavy (non-hydrogen) atoms. The van der Waals surface area contributed by atoms with Gasteiger partial charge in [0.05, 0.1) is 0 Å². The zero-order valence-electron chi connectivity index (χ0n) is 19.5. The molecule has 160 valence electrons. The fourth-order valence-corrected chi connectivity index (χ4v) is 5.43. The summed E-state index contributed by atoms with van der Waals surface area (Å²) in [5.41, 5.74) is 8.35. The van der Waals surface area contributed by atoms with Crippen LogP contribution >= 0.6 is 0 Å². The van der Waals surface area contributed by atoms with E-state index in [1.54, 1.807) is 0 Å². The van der Waals surface area contributed by atoms with Crippen LogP contribution in [0.4, 0.5) is 0 Å². The monoisotopic (exact) mass is 416 g/mol. The first-order chi connectivity index (χ1) is 15.5. The largest absolute Gasteiger partial charge is 0.0808 e. The van der Waals surface area contributed by atoms with E-state index in [2.05, 4.69) is 125 Å². The summed E-state index contributed by atoms with van der Waals surface area (Å²) in [5, 5.41) is 2.67. The molecule has 1 aliphatic rings. The Kier molecular flexibility index (Phi) is 5.47. The first-order valence-electron chi connectivity index (χ1n) is 11.9. The van der Waals surface area contributed by atoms with Gasteiger partial charge in [-0.25, -0.2) is 0 Å². The number of rotatable bonds is 3. The van der Waals surface area contributed by atoms with Gasteiger partial charge in [0.15, 0.2) is 0 Å². The summed E-state index contributed by atoms with van der Waals surface area (Å²) >= 11 is 0. The lowest BCUT2D eigenvalue weighted by molar-refractivity contribution is 0.416. The summed E-state index contributed by atoms with van der Waals surface area (Å²) in [5.74, 6) is 1.90. The second-order valence-corrected chi connectivity index (χ2v) is 9.71. The van der Waals surface area contributed by atoms with E-state index in [0.717, 1.165) is 0 Å². The molecule has 0 aromatic heterocycles. The lowest BCUT2D eigenvalue weighted by atomic mass is 9.75. The normalized spacial score (nSPS) is 20.3. The Labute approximate surface area is 192 Å². The van der Waals surface area contributed by atoms with E-state index in [1.165, 1.54) is 44.2 Å². The highest BCUT2D eigenvalue weighted by molar-refractivity contribution is 5.92. The molecule has 5 rings (SSSR count). The standard InChI is InChI=1S/C32H32/c1-21(2)27-13-7-8-15-29(27)25-11-9-12-26(20-25)32-23(4)22(3)16-18-30-28-14-6-5-10-24(28)17-19-31(30)32/h5-23,32H,1-4H3. The van der Waals surface area contributed by atoms with Gasteiger partial charge in [-0.3, -0.25) is 0 Å². The fraction of sp³-hybridized carbons (Fsp3) is 0.250. The van der Waals surface area contributed by atoms with E-state index in [1.807, 2.05) is 0 Å². The highest BCUT2D eigenvalue weighted by Crippen LogP contribution is 2.44. The summed E-state index contributed by atoms with van der Waals surface area (Å²) in [6.45, 7) is 9.34. The average molecular weight is 417 g/mol. The molecule has 1 aliphatic carbocycles. The summed E-state index contributed by atoms with van der Waals surface area (Å²) < 4.78 is 0. The number of benzene rings is 4. The van der Waals surface area contributed by atoms with Gasteiger partial charge < -0.3 is 0 Å². The minimum Gasteiger partial charge on any atom is -0.0808 e. The van der Waals surface area contributed by atoms with Crippen LogP contribution in [0.15, 0.2) is 91.0 Å². The van der Waals surface area contributed by atoms with E-state index >= 15 is 0 Å². The summed E-state index contributed by atoms with van der Waals surface area (Å²) in [6.07, 6.45) is 4.78. The van der Waals surface area contributed by atoms with Crippen LogP contribution in [-0.4, -0.2) is 0 Å². The molecule has 0 aliphatic heterocycles. The molecule has 3 atom stereocenters. The van der Waals surface area contributed by atoms with E-state index in [-0.39, 0.29) is 0 Å². The highest BCUT2D eigenvalue weighted by Gasteiger charge is 2.29. The Morgan fingerprint density at radius 1 is 0.750 bits per heavy atom. The lowest BCUT2D eigenvalue weighted by Crippen LogP contribution is -2.17. The van der Waals surface area contributed by atoms with Crippen LogP contribution in [0.2, 0.25) is 0 Å². The SMILES string of the molecule is CC(C)c1ccccc1-c1cccc(C2c3ccc4ccccc4c3C=CC(C)C2C)c1. The van der Waals surface area contributed by atoms with E-state index in [0.29, 0.717) is 23.7 Å². The molecule has 0 nitrogen and oxygen atoms in total. The van der Waals surface area contributed by atoms with Crippen LogP contribution in [0.3, 0.4) is 0 Å². The van der Waals surface area contributed by atoms with Gasteiger partial charge in [0.1, 0.15) is 0 Å². The Morgan fingerprint density at radius 2 is 1.53 bits per heavy atom. The van der Waals surface area contributed by atoms with Gasteiger partial charge in [-0.1, -0.05) is 125 Å². The number of hydrogen-bond donors (Lipinski definition) is 0. The molecule has 3 unspecified atom stereocenters. The first-order valence-corrected chi connectivity index (χ1v) is 11.9. The molecular weight excluding hydrogens is 384 g/mol. The van der Waals surface area contributed by atoms with Crippen LogP contribution in [0.25, 0.3) is 28.0 Å². The maximum Gasteiger partial charge on any atom is 0.0127 e. The third-order valence-corrected chi connectivity index (χ3v) is 7.40. The Balaban J connectivity index is 1.69. The second kappa shape index (κ2) is 8.43. The molecule has 0 bridgehead atoms. The minimum absolute atomic E-state index is 0.366. The molecule has 0 radical (unpaired) electrons. The molecule has 4 aromatic carbocycles. The first kappa shape index (κ1) is 20.8. The van der Waals surface area contributed by atoms with Crippen molar-refractivity contribution in [2.75, 3.05) is 0 Å². The van der Waals surface area contributed by atoms with Gasteiger partial charge in [-0.15, -0.1) is 0 Å². The van der Waals surface area contributed by atoms with Gasteiger partial charge in [0, 0.05) is 5.92 Å². The van der Waals surface area contributed by atoms with E-state index in [4.69, 9.17) is 0 Å². The van der Waals surface area contributed by atoms with Crippen LogP contribution in [0, 0.1) is 11.8 Å². The second-order valence-electron chi connectivity index (χ2n) is 9.71. The Bertz CT molecular complexity index is 1290. The van der Waals surface area contributed by atoms with Crippen molar-refractivity contribution >= 4 is 16.8 Å². The van der Waals surface area contributed by atoms with Crippen molar-refractivity contribution in [1.29, 1.82) is 0 Å². The predicted molar refractivity (Wildman–Crippen MR) is 139 cm³/mol. The van der Waals surface area contributed by atoms with Crippen molar-refractivity contribution in [2.24, 2.45) is 11.8 Å².